The van der Waals surface area contributed by atoms with Crippen molar-refractivity contribution in [2.24, 2.45) is 11.8 Å². The maximum atomic E-state index is 3.66. The summed E-state index contributed by atoms with van der Waals surface area (Å²) in [6.07, 6.45) is 13.7. The summed E-state index contributed by atoms with van der Waals surface area (Å²) in [5.41, 5.74) is 9.81. The van der Waals surface area contributed by atoms with Crippen molar-refractivity contribution in [2.75, 3.05) is 27.2 Å². The van der Waals surface area contributed by atoms with E-state index in [1.54, 1.807) is 0 Å². The van der Waals surface area contributed by atoms with Crippen molar-refractivity contribution in [2.45, 2.75) is 118 Å². The fourth-order valence-electron chi connectivity index (χ4n) is 5.74. The van der Waals surface area contributed by atoms with Crippen LogP contribution in [0.2, 0.25) is 0 Å². The Kier molecular flexibility index (Phi) is 13.2. The highest BCUT2D eigenvalue weighted by molar-refractivity contribution is 5.60. The van der Waals surface area contributed by atoms with Gasteiger partial charge in [0, 0.05) is 29.7 Å². The summed E-state index contributed by atoms with van der Waals surface area (Å²) in [6.45, 7) is 16.8. The molecule has 1 aliphatic heterocycles. The molecule has 0 radical (unpaired) electrons. The third-order valence-corrected chi connectivity index (χ3v) is 7.55. The number of hydrogen-bond donors (Lipinski definition) is 3. The van der Waals surface area contributed by atoms with Gasteiger partial charge in [-0.1, -0.05) is 66.7 Å². The van der Waals surface area contributed by atoms with Gasteiger partial charge in [-0.2, -0.15) is 0 Å². The molecule has 3 rings (SSSR count). The van der Waals surface area contributed by atoms with Crippen LogP contribution in [0.1, 0.15) is 106 Å². The van der Waals surface area contributed by atoms with Crippen molar-refractivity contribution < 1.29 is 0 Å². The standard InChI is InChI=1S/C35H57N5/c1-8-9-10-11-12-13-14-31-25-39(34-19-15-32(16-20-34)36-29(6)23-27(2)3)38-40(26-31)35-21-17-33(18-22-35)37-30(7)24-28(4)5/h15-22,25,27-30,36-38H,8-14,23-24,26H2,1-7H3. The van der Waals surface area contributed by atoms with Crippen LogP contribution >= 0.6 is 0 Å². The first kappa shape index (κ1) is 31.9. The molecule has 0 spiro atoms. The Morgan fingerprint density at radius 3 is 1.70 bits per heavy atom. The van der Waals surface area contributed by atoms with Gasteiger partial charge in [0.05, 0.1) is 17.9 Å². The van der Waals surface area contributed by atoms with E-state index in [-0.39, 0.29) is 0 Å². The highest BCUT2D eigenvalue weighted by Crippen LogP contribution is 2.27. The van der Waals surface area contributed by atoms with Gasteiger partial charge in [-0.3, -0.25) is 10.0 Å². The Labute approximate surface area is 245 Å². The first-order valence-corrected chi connectivity index (χ1v) is 16.0. The molecule has 5 heteroatoms. The van der Waals surface area contributed by atoms with Crippen LogP contribution in [0.3, 0.4) is 0 Å². The predicted octanol–water partition coefficient (Wildman–Crippen LogP) is 9.76. The van der Waals surface area contributed by atoms with E-state index < -0.39 is 0 Å². The molecule has 2 aromatic rings. The SMILES string of the molecule is CCCCCCCCC1=CN(c2ccc(NC(C)CC(C)C)cc2)NN(c2ccc(NC(C)CC(C)C)cc2)C1. The molecule has 2 atom stereocenters. The maximum absolute atomic E-state index is 3.66. The summed E-state index contributed by atoms with van der Waals surface area (Å²) in [5, 5.41) is 11.8. The number of benzene rings is 2. The Morgan fingerprint density at radius 2 is 1.18 bits per heavy atom. The van der Waals surface area contributed by atoms with Crippen LogP contribution in [0.25, 0.3) is 0 Å². The van der Waals surface area contributed by atoms with Crippen molar-refractivity contribution in [1.29, 1.82) is 0 Å². The van der Waals surface area contributed by atoms with Crippen molar-refractivity contribution >= 4 is 22.7 Å². The molecule has 2 aromatic carbocycles. The van der Waals surface area contributed by atoms with E-state index in [2.05, 4.69) is 129 Å². The van der Waals surface area contributed by atoms with E-state index in [1.165, 1.54) is 74.0 Å². The van der Waals surface area contributed by atoms with Crippen LogP contribution in [0, 0.1) is 11.8 Å². The van der Waals surface area contributed by atoms with Gasteiger partial charge in [0.1, 0.15) is 0 Å². The number of unbranched alkanes of at least 4 members (excludes halogenated alkanes) is 5. The summed E-state index contributed by atoms with van der Waals surface area (Å²) in [6, 6.07) is 18.6. The van der Waals surface area contributed by atoms with E-state index in [0.717, 1.165) is 18.7 Å². The second-order valence-corrected chi connectivity index (χ2v) is 12.8. The largest absolute Gasteiger partial charge is 0.383 e. The first-order valence-electron chi connectivity index (χ1n) is 16.0. The van der Waals surface area contributed by atoms with Crippen LogP contribution < -0.4 is 26.2 Å². The monoisotopic (exact) mass is 547 g/mol. The van der Waals surface area contributed by atoms with Gasteiger partial charge in [0.15, 0.2) is 0 Å². The Morgan fingerprint density at radius 1 is 0.675 bits per heavy atom. The lowest BCUT2D eigenvalue weighted by Crippen LogP contribution is -2.52. The topological polar surface area (TPSA) is 42.6 Å². The highest BCUT2D eigenvalue weighted by Gasteiger charge is 2.19. The number of hydrazine groups is 2. The highest BCUT2D eigenvalue weighted by atomic mass is 15.8. The van der Waals surface area contributed by atoms with Crippen LogP contribution in [0.5, 0.6) is 0 Å². The van der Waals surface area contributed by atoms with Gasteiger partial charge in [-0.05, 0) is 105 Å². The van der Waals surface area contributed by atoms with Crippen LogP contribution in [-0.2, 0) is 0 Å². The van der Waals surface area contributed by atoms with Gasteiger partial charge in [-0.25, -0.2) is 0 Å². The molecule has 222 valence electrons. The molecule has 0 aliphatic carbocycles. The fraction of sp³-hybridized carbons (Fsp3) is 0.600. The number of nitrogens with zero attached hydrogens (tertiary/aromatic N) is 2. The lowest BCUT2D eigenvalue weighted by molar-refractivity contribution is 0.539. The zero-order valence-corrected chi connectivity index (χ0v) is 26.5. The molecule has 5 nitrogen and oxygen atoms in total. The van der Waals surface area contributed by atoms with E-state index in [1.807, 2.05) is 0 Å². The van der Waals surface area contributed by atoms with Crippen molar-refractivity contribution in [3.63, 3.8) is 0 Å². The molecule has 0 saturated heterocycles. The minimum absolute atomic E-state index is 0.462. The van der Waals surface area contributed by atoms with Crippen molar-refractivity contribution in [3.8, 4) is 0 Å². The summed E-state index contributed by atoms with van der Waals surface area (Å²) in [5.74, 6) is 1.38. The smallest absolute Gasteiger partial charge is 0.0590 e. The van der Waals surface area contributed by atoms with E-state index in [4.69, 9.17) is 0 Å². The average Bonchev–Trinajstić information content (AvgIpc) is 2.90. The molecule has 40 heavy (non-hydrogen) atoms. The van der Waals surface area contributed by atoms with Gasteiger partial charge in [0.2, 0.25) is 0 Å². The van der Waals surface area contributed by atoms with Crippen LogP contribution in [0.15, 0.2) is 60.3 Å². The average molecular weight is 548 g/mol. The van der Waals surface area contributed by atoms with Gasteiger partial charge in [0.25, 0.3) is 0 Å². The van der Waals surface area contributed by atoms with Gasteiger partial charge < -0.3 is 10.6 Å². The van der Waals surface area contributed by atoms with Crippen LogP contribution in [-0.4, -0.2) is 18.6 Å². The number of rotatable bonds is 17. The third-order valence-electron chi connectivity index (χ3n) is 7.55. The van der Waals surface area contributed by atoms with E-state index in [0.29, 0.717) is 23.9 Å². The molecule has 1 aliphatic rings. The summed E-state index contributed by atoms with van der Waals surface area (Å²) in [7, 11) is 0. The normalized spacial score (nSPS) is 15.4. The molecule has 0 bridgehead atoms. The molecule has 0 aromatic heterocycles. The number of anilines is 4. The Hall–Kier alpha value is -2.66. The summed E-state index contributed by atoms with van der Waals surface area (Å²) >= 11 is 0. The molecule has 3 N–H and O–H groups in total. The lowest BCUT2D eigenvalue weighted by atomic mass is 10.0. The second kappa shape index (κ2) is 16.6. The molecule has 1 heterocycles. The van der Waals surface area contributed by atoms with E-state index >= 15 is 0 Å². The fourth-order valence-corrected chi connectivity index (χ4v) is 5.74. The summed E-state index contributed by atoms with van der Waals surface area (Å²) in [4.78, 5) is 0. The predicted molar refractivity (Wildman–Crippen MR) is 177 cm³/mol. The van der Waals surface area contributed by atoms with Gasteiger partial charge >= 0.3 is 0 Å². The lowest BCUT2D eigenvalue weighted by Gasteiger charge is -2.38. The molecule has 0 saturated carbocycles. The van der Waals surface area contributed by atoms with Gasteiger partial charge in [-0.15, -0.1) is 5.53 Å². The Bertz CT molecular complexity index is 995. The summed E-state index contributed by atoms with van der Waals surface area (Å²) < 4.78 is 0. The first-order chi connectivity index (χ1) is 19.2. The zero-order valence-electron chi connectivity index (χ0n) is 26.5. The molecule has 0 amide bonds. The number of hydrogen-bond acceptors (Lipinski definition) is 5. The second-order valence-electron chi connectivity index (χ2n) is 12.8. The molecular formula is C35H57N5. The van der Waals surface area contributed by atoms with E-state index in [9.17, 15) is 0 Å². The maximum Gasteiger partial charge on any atom is 0.0590 e. The number of nitrogens with one attached hydrogen (secondary N) is 3. The van der Waals surface area contributed by atoms with Crippen molar-refractivity contribution in [3.05, 3.63) is 60.3 Å². The minimum atomic E-state index is 0.462. The van der Waals surface area contributed by atoms with Crippen molar-refractivity contribution in [1.82, 2.24) is 5.53 Å². The Balaban J connectivity index is 1.70. The zero-order chi connectivity index (χ0) is 28.9. The quantitative estimate of drug-likeness (QED) is 0.172. The molecule has 0 fully saturated rings. The third kappa shape index (κ3) is 11.1. The minimum Gasteiger partial charge on any atom is -0.383 e. The molecular weight excluding hydrogens is 490 g/mol. The molecule has 2 unspecified atom stereocenters. The van der Waals surface area contributed by atoms with Crippen LogP contribution in [0.4, 0.5) is 22.7 Å².